The molecular weight excluding hydrogens is 291 g/mol. The highest BCUT2D eigenvalue weighted by atomic mass is 35.5. The van der Waals surface area contributed by atoms with Gasteiger partial charge in [0.1, 0.15) is 0 Å². The molecule has 3 atom stereocenters. The average Bonchev–Trinajstić information content (AvgIpc) is 2.35. The van der Waals surface area contributed by atoms with E-state index in [0.29, 0.717) is 5.02 Å². The van der Waals surface area contributed by atoms with Gasteiger partial charge < -0.3 is 10.8 Å². The second-order valence-electron chi connectivity index (χ2n) is 4.36. The van der Waals surface area contributed by atoms with E-state index in [-0.39, 0.29) is 29.6 Å². The molecule has 0 radical (unpaired) electrons. The summed E-state index contributed by atoms with van der Waals surface area (Å²) in [5.74, 6) is -0.0430. The van der Waals surface area contributed by atoms with Crippen LogP contribution in [0.5, 0.6) is 0 Å². The first-order valence-corrected chi connectivity index (χ1v) is 6.13. The van der Waals surface area contributed by atoms with Crippen molar-refractivity contribution in [2.24, 2.45) is 11.7 Å². The molecule has 0 bridgehead atoms. The van der Waals surface area contributed by atoms with E-state index in [1.807, 2.05) is 13.8 Å². The Morgan fingerprint density at radius 1 is 1.53 bits per heavy atom. The van der Waals surface area contributed by atoms with Crippen LogP contribution in [0.2, 0.25) is 5.02 Å². The number of aliphatic hydroxyl groups is 1. The number of hydrogen-bond donors (Lipinski definition) is 2. The van der Waals surface area contributed by atoms with E-state index >= 15 is 0 Å². The van der Waals surface area contributed by atoms with Crippen molar-refractivity contribution < 1.29 is 10.0 Å². The molecule has 3 N–H and O–H groups in total. The molecule has 0 amide bonds. The SMILES string of the molecule is CCC(C)[C@@H](O)[C@@H](N)c1cc(Cl)ccc1[N+](=O)[O-].Cl. The van der Waals surface area contributed by atoms with E-state index in [2.05, 4.69) is 0 Å². The molecule has 1 unspecified atom stereocenters. The van der Waals surface area contributed by atoms with E-state index in [4.69, 9.17) is 17.3 Å². The van der Waals surface area contributed by atoms with Crippen molar-refractivity contribution in [1.29, 1.82) is 0 Å². The van der Waals surface area contributed by atoms with Crippen LogP contribution >= 0.6 is 24.0 Å². The van der Waals surface area contributed by atoms with Crippen LogP contribution in [-0.2, 0) is 0 Å². The van der Waals surface area contributed by atoms with Crippen LogP contribution < -0.4 is 5.73 Å². The highest BCUT2D eigenvalue weighted by molar-refractivity contribution is 6.30. The summed E-state index contributed by atoms with van der Waals surface area (Å²) in [6.45, 7) is 3.77. The maximum Gasteiger partial charge on any atom is 0.274 e. The number of nitrogens with zero attached hydrogens (tertiary/aromatic N) is 1. The Labute approximate surface area is 123 Å². The second-order valence-corrected chi connectivity index (χ2v) is 4.80. The van der Waals surface area contributed by atoms with Crippen molar-refractivity contribution in [3.05, 3.63) is 38.9 Å². The maximum absolute atomic E-state index is 10.9. The lowest BCUT2D eigenvalue weighted by atomic mass is 9.91. The van der Waals surface area contributed by atoms with E-state index < -0.39 is 17.1 Å². The number of aliphatic hydroxyl groups excluding tert-OH is 1. The molecule has 0 heterocycles. The Balaban J connectivity index is 0.00000324. The molecule has 0 aliphatic carbocycles. The van der Waals surface area contributed by atoms with Crippen molar-refractivity contribution >= 4 is 29.7 Å². The van der Waals surface area contributed by atoms with Gasteiger partial charge in [0.25, 0.3) is 5.69 Å². The van der Waals surface area contributed by atoms with Crippen LogP contribution in [0.15, 0.2) is 18.2 Å². The van der Waals surface area contributed by atoms with Gasteiger partial charge in [0.05, 0.1) is 22.6 Å². The van der Waals surface area contributed by atoms with Gasteiger partial charge in [-0.15, -0.1) is 12.4 Å². The zero-order chi connectivity index (χ0) is 13.9. The molecule has 0 aliphatic rings. The molecule has 1 aromatic carbocycles. The first-order chi connectivity index (χ1) is 8.38. The fraction of sp³-hybridized carbons (Fsp3) is 0.500. The maximum atomic E-state index is 10.9. The summed E-state index contributed by atoms with van der Waals surface area (Å²) < 4.78 is 0. The fourth-order valence-electron chi connectivity index (χ4n) is 1.74. The minimum absolute atomic E-state index is 0. The first-order valence-electron chi connectivity index (χ1n) is 5.76. The standard InChI is InChI=1S/C12H17ClN2O3.ClH/c1-3-7(2)12(16)11(14)9-6-8(13)4-5-10(9)15(17)18;/h4-7,11-12,16H,3,14H2,1-2H3;1H/t7?,11-,12+;/m0./s1. The lowest BCUT2D eigenvalue weighted by Gasteiger charge is -2.24. The van der Waals surface area contributed by atoms with Gasteiger partial charge in [-0.3, -0.25) is 10.1 Å². The number of nitro groups is 1. The van der Waals surface area contributed by atoms with Crippen LogP contribution in [-0.4, -0.2) is 16.1 Å². The smallest absolute Gasteiger partial charge is 0.274 e. The third-order valence-electron chi connectivity index (χ3n) is 3.14. The van der Waals surface area contributed by atoms with Gasteiger partial charge in [-0.1, -0.05) is 31.9 Å². The number of nitrogens with two attached hydrogens (primary N) is 1. The molecule has 0 fully saturated rings. The van der Waals surface area contributed by atoms with Gasteiger partial charge in [-0.25, -0.2) is 0 Å². The third kappa shape index (κ3) is 4.31. The monoisotopic (exact) mass is 308 g/mol. The second kappa shape index (κ2) is 7.65. The number of nitro benzene ring substituents is 1. The molecule has 0 aromatic heterocycles. The Kier molecular flexibility index (Phi) is 7.29. The molecule has 0 saturated carbocycles. The van der Waals surface area contributed by atoms with E-state index in [9.17, 15) is 15.2 Å². The summed E-state index contributed by atoms with van der Waals surface area (Å²) in [5.41, 5.74) is 6.06. The minimum atomic E-state index is -0.841. The van der Waals surface area contributed by atoms with Crippen molar-refractivity contribution in [2.45, 2.75) is 32.4 Å². The molecule has 0 aliphatic heterocycles. The Bertz CT molecular complexity index is 443. The van der Waals surface area contributed by atoms with E-state index in [0.717, 1.165) is 6.42 Å². The highest BCUT2D eigenvalue weighted by Crippen LogP contribution is 2.31. The van der Waals surface area contributed by atoms with Crippen molar-refractivity contribution in [3.8, 4) is 0 Å². The van der Waals surface area contributed by atoms with Crippen molar-refractivity contribution in [3.63, 3.8) is 0 Å². The predicted molar refractivity (Wildman–Crippen MR) is 77.7 cm³/mol. The number of hydrogen-bond acceptors (Lipinski definition) is 4. The zero-order valence-electron chi connectivity index (χ0n) is 10.7. The molecule has 108 valence electrons. The van der Waals surface area contributed by atoms with Crippen molar-refractivity contribution in [1.82, 2.24) is 0 Å². The molecule has 5 nitrogen and oxygen atoms in total. The fourth-order valence-corrected chi connectivity index (χ4v) is 1.92. The normalized spacial score (nSPS) is 15.2. The summed E-state index contributed by atoms with van der Waals surface area (Å²) >= 11 is 5.82. The van der Waals surface area contributed by atoms with Gasteiger partial charge in [0.2, 0.25) is 0 Å². The lowest BCUT2D eigenvalue weighted by Crippen LogP contribution is -2.32. The molecule has 1 aromatic rings. The molecule has 0 saturated heterocycles. The van der Waals surface area contributed by atoms with Gasteiger partial charge >= 0.3 is 0 Å². The molecule has 19 heavy (non-hydrogen) atoms. The van der Waals surface area contributed by atoms with Crippen LogP contribution in [0, 0.1) is 16.0 Å². The topological polar surface area (TPSA) is 89.4 Å². The predicted octanol–water partition coefficient (Wildman–Crippen LogP) is 3.08. The van der Waals surface area contributed by atoms with E-state index in [1.165, 1.54) is 18.2 Å². The summed E-state index contributed by atoms with van der Waals surface area (Å²) in [6, 6.07) is 3.36. The van der Waals surface area contributed by atoms with Gasteiger partial charge in [-0.2, -0.15) is 0 Å². The zero-order valence-corrected chi connectivity index (χ0v) is 12.3. The van der Waals surface area contributed by atoms with Crippen LogP contribution in [0.25, 0.3) is 0 Å². The van der Waals surface area contributed by atoms with Gasteiger partial charge in [0, 0.05) is 11.1 Å². The summed E-state index contributed by atoms with van der Waals surface area (Å²) in [7, 11) is 0. The van der Waals surface area contributed by atoms with Crippen LogP contribution in [0.3, 0.4) is 0 Å². The van der Waals surface area contributed by atoms with Gasteiger partial charge in [0.15, 0.2) is 0 Å². The number of rotatable bonds is 5. The molecular formula is C12H18Cl2N2O3. The number of benzene rings is 1. The summed E-state index contributed by atoms with van der Waals surface area (Å²) in [4.78, 5) is 10.4. The summed E-state index contributed by atoms with van der Waals surface area (Å²) in [6.07, 6.45) is -0.101. The van der Waals surface area contributed by atoms with Gasteiger partial charge in [-0.05, 0) is 18.1 Å². The van der Waals surface area contributed by atoms with Crippen LogP contribution in [0.1, 0.15) is 31.9 Å². The molecule has 1 rings (SSSR count). The molecule has 7 heteroatoms. The Hall–Kier alpha value is -0.880. The Morgan fingerprint density at radius 3 is 2.58 bits per heavy atom. The number of halogens is 2. The minimum Gasteiger partial charge on any atom is -0.391 e. The first kappa shape index (κ1) is 18.1. The quantitative estimate of drug-likeness (QED) is 0.646. The summed E-state index contributed by atoms with van der Waals surface area (Å²) in [5, 5.41) is 21.3. The Morgan fingerprint density at radius 2 is 2.11 bits per heavy atom. The van der Waals surface area contributed by atoms with Crippen molar-refractivity contribution in [2.75, 3.05) is 0 Å². The van der Waals surface area contributed by atoms with Crippen LogP contribution in [0.4, 0.5) is 5.69 Å². The van der Waals surface area contributed by atoms with E-state index in [1.54, 1.807) is 0 Å². The lowest BCUT2D eigenvalue weighted by molar-refractivity contribution is -0.385. The third-order valence-corrected chi connectivity index (χ3v) is 3.38. The highest BCUT2D eigenvalue weighted by Gasteiger charge is 2.28. The largest absolute Gasteiger partial charge is 0.391 e. The average molecular weight is 309 g/mol. The molecule has 0 spiro atoms.